The van der Waals surface area contributed by atoms with E-state index in [1.807, 2.05) is 64.1 Å². The van der Waals surface area contributed by atoms with Crippen LogP contribution in [-0.4, -0.2) is 35.5 Å². The molecule has 0 heterocycles. The molecule has 6 heteroatoms. The summed E-state index contributed by atoms with van der Waals surface area (Å²) in [4.78, 5) is 26.8. The second kappa shape index (κ2) is 10.9. The molecule has 2 N–H and O–H groups in total. The molecule has 1 fully saturated rings. The first kappa shape index (κ1) is 27.2. The number of amides is 2. The molecule has 2 amide bonds. The molecule has 1 aliphatic carbocycles. The minimum absolute atomic E-state index is 0. The van der Waals surface area contributed by atoms with Gasteiger partial charge in [-0.3, -0.25) is 9.59 Å². The van der Waals surface area contributed by atoms with Crippen molar-refractivity contribution in [3.05, 3.63) is 58.7 Å². The van der Waals surface area contributed by atoms with E-state index in [-0.39, 0.29) is 49.7 Å². The summed E-state index contributed by atoms with van der Waals surface area (Å²) in [6, 6.07) is 12.1. The molecule has 0 spiro atoms. The Kier molecular flexibility index (Phi) is 9.25. The molecule has 2 aromatic rings. The molecule has 0 bridgehead atoms. The first-order valence-electron chi connectivity index (χ1n) is 11.3. The predicted octanol–water partition coefficient (Wildman–Crippen LogP) is 6.08. The van der Waals surface area contributed by atoms with E-state index >= 15 is 0 Å². The average Bonchev–Trinajstić information content (AvgIpc) is 3.54. The number of rotatable bonds is 8. The predicted molar refractivity (Wildman–Crippen MR) is 134 cm³/mol. The van der Waals surface area contributed by atoms with E-state index in [1.165, 1.54) is 0 Å². The van der Waals surface area contributed by atoms with Crippen molar-refractivity contribution in [3.63, 3.8) is 0 Å². The minimum atomic E-state index is -1.82. The SMILES string of the molecule is CC[P+](CC)(CC(=O)Nc1c(C)cccc1C)C1(C(=O)Nc2c(C)cccc2C)CC1.[Y]. The van der Waals surface area contributed by atoms with Crippen LogP contribution in [0.4, 0.5) is 11.4 Å². The smallest absolute Gasteiger partial charge is 0.268 e. The summed E-state index contributed by atoms with van der Waals surface area (Å²) in [6.07, 6.45) is 4.05. The number of aryl methyl sites for hydroxylation is 4. The maximum absolute atomic E-state index is 13.6. The van der Waals surface area contributed by atoms with E-state index < -0.39 is 7.26 Å². The van der Waals surface area contributed by atoms with Crippen LogP contribution in [0.25, 0.3) is 0 Å². The van der Waals surface area contributed by atoms with E-state index in [0.717, 1.165) is 58.8 Å². The van der Waals surface area contributed by atoms with E-state index in [9.17, 15) is 9.59 Å². The average molecular weight is 528 g/mol. The summed E-state index contributed by atoms with van der Waals surface area (Å²) in [7, 11) is -1.82. The summed E-state index contributed by atoms with van der Waals surface area (Å²) in [5.74, 6) is 0.155. The van der Waals surface area contributed by atoms with Gasteiger partial charge in [0, 0.05) is 64.2 Å². The topological polar surface area (TPSA) is 58.2 Å². The summed E-state index contributed by atoms with van der Waals surface area (Å²) in [6.45, 7) is 12.4. The third kappa shape index (κ3) is 5.19. The van der Waals surface area contributed by atoms with Gasteiger partial charge in [-0.25, -0.2) is 0 Å². The molecule has 1 saturated carbocycles. The van der Waals surface area contributed by atoms with Crippen LogP contribution in [0.3, 0.4) is 0 Å². The molecule has 1 radical (unpaired) electrons. The van der Waals surface area contributed by atoms with Crippen molar-refractivity contribution < 1.29 is 42.3 Å². The molecule has 0 unspecified atom stereocenters. The Morgan fingerprint density at radius 1 is 0.812 bits per heavy atom. The number of benzene rings is 2. The first-order chi connectivity index (χ1) is 14.7. The Bertz CT molecular complexity index is 957. The molecule has 32 heavy (non-hydrogen) atoms. The van der Waals surface area contributed by atoms with Crippen LogP contribution in [0.5, 0.6) is 0 Å². The molecule has 0 saturated heterocycles. The first-order valence-corrected chi connectivity index (χ1v) is 13.6. The van der Waals surface area contributed by atoms with Crippen LogP contribution in [-0.2, 0) is 42.3 Å². The van der Waals surface area contributed by atoms with Gasteiger partial charge in [-0.15, -0.1) is 0 Å². The number of hydrogen-bond donors (Lipinski definition) is 2. The molecule has 0 aromatic heterocycles. The van der Waals surface area contributed by atoms with Gasteiger partial charge in [0.15, 0.2) is 5.16 Å². The fraction of sp³-hybridized carbons (Fsp3) is 0.462. The van der Waals surface area contributed by atoms with Gasteiger partial charge in [-0.2, -0.15) is 0 Å². The van der Waals surface area contributed by atoms with Gasteiger partial charge < -0.3 is 10.6 Å². The van der Waals surface area contributed by atoms with Gasteiger partial charge >= 0.3 is 0 Å². The van der Waals surface area contributed by atoms with E-state index in [4.69, 9.17) is 0 Å². The van der Waals surface area contributed by atoms with Crippen molar-refractivity contribution in [2.45, 2.75) is 59.5 Å². The zero-order valence-electron chi connectivity index (χ0n) is 20.3. The van der Waals surface area contributed by atoms with Gasteiger partial charge in [0.2, 0.25) is 0 Å². The van der Waals surface area contributed by atoms with Crippen molar-refractivity contribution in [3.8, 4) is 0 Å². The van der Waals surface area contributed by atoms with E-state index in [1.54, 1.807) is 0 Å². The Hall–Kier alpha value is -1.09. The monoisotopic (exact) mass is 528 g/mol. The van der Waals surface area contributed by atoms with Crippen LogP contribution < -0.4 is 10.6 Å². The van der Waals surface area contributed by atoms with Crippen LogP contribution >= 0.6 is 7.26 Å². The van der Waals surface area contributed by atoms with Gasteiger partial charge in [-0.1, -0.05) is 36.4 Å². The van der Waals surface area contributed by atoms with Crippen molar-refractivity contribution in [2.24, 2.45) is 0 Å². The third-order valence-electron chi connectivity index (χ3n) is 7.18. The molecular formula is C26H36N2O2PY+. The van der Waals surface area contributed by atoms with E-state index in [0.29, 0.717) is 6.16 Å². The Labute approximate surface area is 218 Å². The number of anilines is 2. The zero-order valence-corrected chi connectivity index (χ0v) is 24.1. The van der Waals surface area contributed by atoms with Crippen molar-refractivity contribution in [2.75, 3.05) is 29.1 Å². The standard InChI is InChI=1S/C26H35N2O2P.Y/c1-7-31(8-2,17-22(29)27-23-18(3)11-9-12-19(23)4)26(15-16-26)25(30)28-24-20(5)13-10-14-21(24)6;/h9-14H,7-8,15-17H2,1-6H3,(H-,27,28,29,30);/p+1. The van der Waals surface area contributed by atoms with Crippen molar-refractivity contribution >= 4 is 30.5 Å². The number of hydrogen-bond acceptors (Lipinski definition) is 2. The summed E-state index contributed by atoms with van der Waals surface area (Å²) >= 11 is 0. The Balaban J connectivity index is 0.00000363. The van der Waals surface area contributed by atoms with E-state index in [2.05, 4.69) is 24.5 Å². The summed E-state index contributed by atoms with van der Waals surface area (Å²) < 4.78 is 0. The number of para-hydroxylation sites is 2. The second-order valence-electron chi connectivity index (χ2n) is 9.00. The van der Waals surface area contributed by atoms with Gasteiger partial charge in [0.1, 0.15) is 6.16 Å². The summed E-state index contributed by atoms with van der Waals surface area (Å²) in [5, 5.41) is 6.05. The number of carbonyl (C=O) groups is 2. The molecular weight excluding hydrogens is 492 g/mol. The summed E-state index contributed by atoms with van der Waals surface area (Å²) in [5.41, 5.74) is 6.12. The molecule has 0 aliphatic heterocycles. The van der Waals surface area contributed by atoms with Gasteiger partial charge in [0.25, 0.3) is 11.8 Å². The zero-order chi connectivity index (χ0) is 22.8. The number of nitrogens with one attached hydrogen (secondary N) is 2. The molecule has 0 atom stereocenters. The molecule has 169 valence electrons. The van der Waals surface area contributed by atoms with Crippen LogP contribution in [0, 0.1) is 27.7 Å². The van der Waals surface area contributed by atoms with Crippen LogP contribution in [0.1, 0.15) is 48.9 Å². The second-order valence-corrected chi connectivity index (χ2v) is 13.7. The quantitative estimate of drug-likeness (QED) is 0.408. The largest absolute Gasteiger partial charge is 0.322 e. The van der Waals surface area contributed by atoms with Crippen LogP contribution in [0.2, 0.25) is 0 Å². The Morgan fingerprint density at radius 2 is 1.22 bits per heavy atom. The maximum Gasteiger partial charge on any atom is 0.268 e. The van der Waals surface area contributed by atoms with Crippen LogP contribution in [0.15, 0.2) is 36.4 Å². The van der Waals surface area contributed by atoms with Crippen molar-refractivity contribution in [1.29, 1.82) is 0 Å². The molecule has 4 nitrogen and oxygen atoms in total. The third-order valence-corrected chi connectivity index (χ3v) is 13.0. The molecule has 1 aliphatic rings. The van der Waals surface area contributed by atoms with Gasteiger partial charge in [-0.05, 0) is 63.8 Å². The Morgan fingerprint density at radius 3 is 1.59 bits per heavy atom. The maximum atomic E-state index is 13.6. The minimum Gasteiger partial charge on any atom is -0.322 e. The molecule has 2 aromatic carbocycles. The fourth-order valence-corrected chi connectivity index (χ4v) is 9.53. The normalized spacial score (nSPS) is 14.3. The van der Waals surface area contributed by atoms with Crippen molar-refractivity contribution in [1.82, 2.24) is 0 Å². The van der Waals surface area contributed by atoms with Gasteiger partial charge in [0.05, 0.1) is 12.3 Å². The molecule has 3 rings (SSSR count). The fourth-order valence-electron chi connectivity index (χ4n) is 4.95. The number of carbonyl (C=O) groups excluding carboxylic acids is 2.